The first-order valence-corrected chi connectivity index (χ1v) is 4.33. The molecule has 4 heteroatoms. The predicted molar refractivity (Wildman–Crippen MR) is 28.8 cm³/mol. The van der Waals surface area contributed by atoms with Crippen molar-refractivity contribution in [2.24, 2.45) is 5.92 Å². The van der Waals surface area contributed by atoms with Crippen molar-refractivity contribution in [2.75, 3.05) is 5.75 Å². The van der Waals surface area contributed by atoms with Crippen LogP contribution in [0.25, 0.3) is 0 Å². The molecule has 1 heterocycles. The normalized spacial score (nSPS) is 48.5. The summed E-state index contributed by atoms with van der Waals surface area (Å²) in [6.45, 7) is 0. The maximum Gasteiger partial charge on any atom is 0.212 e. The Morgan fingerprint density at radius 2 is 2.25 bits per heavy atom. The average Bonchev–Trinajstić information content (AvgIpc) is 2.11. The van der Waals surface area contributed by atoms with Gasteiger partial charge in [-0.25, -0.2) is 13.1 Å². The highest BCUT2D eigenvalue weighted by molar-refractivity contribution is 7.89. The molecule has 1 aliphatic heterocycles. The zero-order valence-electron chi connectivity index (χ0n) is 4.29. The quantitative estimate of drug-likeness (QED) is 0.475. The van der Waals surface area contributed by atoms with Crippen LogP contribution in [0.4, 0.5) is 0 Å². The summed E-state index contributed by atoms with van der Waals surface area (Å²) >= 11 is 0. The molecule has 1 saturated carbocycles. The van der Waals surface area contributed by atoms with Gasteiger partial charge in [0.2, 0.25) is 10.0 Å². The van der Waals surface area contributed by atoms with Crippen LogP contribution in [-0.2, 0) is 10.0 Å². The molecule has 2 fully saturated rings. The van der Waals surface area contributed by atoms with E-state index in [2.05, 4.69) is 4.72 Å². The lowest BCUT2D eigenvalue weighted by Crippen LogP contribution is -2.20. The minimum atomic E-state index is -2.80. The van der Waals surface area contributed by atoms with Crippen molar-refractivity contribution >= 4 is 10.0 Å². The van der Waals surface area contributed by atoms with E-state index in [1.165, 1.54) is 0 Å². The lowest BCUT2D eigenvalue weighted by molar-refractivity contribution is 0.588. The third-order valence-corrected chi connectivity index (χ3v) is 3.22. The highest BCUT2D eigenvalue weighted by atomic mass is 32.2. The second-order valence-corrected chi connectivity index (χ2v) is 4.30. The van der Waals surface area contributed by atoms with Crippen molar-refractivity contribution in [3.05, 3.63) is 0 Å². The molecule has 0 aromatic rings. The van der Waals surface area contributed by atoms with Gasteiger partial charge < -0.3 is 0 Å². The van der Waals surface area contributed by atoms with Crippen LogP contribution in [0.3, 0.4) is 0 Å². The van der Waals surface area contributed by atoms with Crippen molar-refractivity contribution in [1.82, 2.24) is 4.72 Å². The fourth-order valence-corrected chi connectivity index (χ4v) is 2.91. The fraction of sp³-hybridized carbons (Fsp3) is 1.00. The van der Waals surface area contributed by atoms with Crippen molar-refractivity contribution in [3.8, 4) is 0 Å². The first kappa shape index (κ1) is 4.76. The Labute approximate surface area is 48.1 Å². The van der Waals surface area contributed by atoms with Crippen LogP contribution in [-0.4, -0.2) is 20.2 Å². The molecule has 0 spiro atoms. The molecule has 1 saturated heterocycles. The van der Waals surface area contributed by atoms with Crippen molar-refractivity contribution in [2.45, 2.75) is 12.5 Å². The Kier molecular flexibility index (Phi) is 0.646. The Bertz CT molecular complexity index is 192. The van der Waals surface area contributed by atoms with Crippen LogP contribution in [0, 0.1) is 5.92 Å². The molecule has 2 aliphatic rings. The van der Waals surface area contributed by atoms with Gasteiger partial charge in [0.25, 0.3) is 0 Å². The molecule has 8 heavy (non-hydrogen) atoms. The van der Waals surface area contributed by atoms with E-state index < -0.39 is 10.0 Å². The maximum absolute atomic E-state index is 10.6. The molecule has 0 aromatic heterocycles. The second-order valence-electron chi connectivity index (χ2n) is 2.50. The lowest BCUT2D eigenvalue weighted by Gasteiger charge is -1.92. The van der Waals surface area contributed by atoms with Crippen LogP contribution in [0.1, 0.15) is 6.42 Å². The summed E-state index contributed by atoms with van der Waals surface area (Å²) in [5, 5.41) is 0. The summed E-state index contributed by atoms with van der Waals surface area (Å²) in [4.78, 5) is 0. The summed E-state index contributed by atoms with van der Waals surface area (Å²) in [7, 11) is -2.80. The summed E-state index contributed by atoms with van der Waals surface area (Å²) in [6.07, 6.45) is 1.07. The Hall–Kier alpha value is -0.0900. The SMILES string of the molecule is O=S1(=O)CC2C[C@H]2N1. The topological polar surface area (TPSA) is 46.2 Å². The van der Waals surface area contributed by atoms with Crippen LogP contribution in [0.2, 0.25) is 0 Å². The molecule has 0 radical (unpaired) electrons. The monoisotopic (exact) mass is 133 g/mol. The molecule has 1 N–H and O–H groups in total. The molecule has 0 bridgehead atoms. The zero-order chi connectivity index (χ0) is 5.78. The van der Waals surface area contributed by atoms with Gasteiger partial charge in [-0.15, -0.1) is 0 Å². The average molecular weight is 133 g/mol. The van der Waals surface area contributed by atoms with E-state index in [0.717, 1.165) is 6.42 Å². The summed E-state index contributed by atoms with van der Waals surface area (Å²) in [6, 6.07) is 0.319. The van der Waals surface area contributed by atoms with Crippen molar-refractivity contribution in [1.29, 1.82) is 0 Å². The number of sulfonamides is 1. The van der Waals surface area contributed by atoms with Gasteiger partial charge in [-0.2, -0.15) is 0 Å². The Balaban J connectivity index is 2.30. The second kappa shape index (κ2) is 1.09. The van der Waals surface area contributed by atoms with Crippen molar-refractivity contribution in [3.63, 3.8) is 0 Å². The van der Waals surface area contributed by atoms with Gasteiger partial charge in [-0.05, 0) is 12.3 Å². The maximum atomic E-state index is 10.6. The van der Waals surface area contributed by atoms with Gasteiger partial charge in [0.15, 0.2) is 0 Å². The van der Waals surface area contributed by atoms with E-state index in [4.69, 9.17) is 0 Å². The third kappa shape index (κ3) is 0.563. The van der Waals surface area contributed by atoms with Crippen LogP contribution in [0.5, 0.6) is 0 Å². The van der Waals surface area contributed by atoms with Gasteiger partial charge in [0.1, 0.15) is 0 Å². The zero-order valence-corrected chi connectivity index (χ0v) is 5.11. The molecule has 0 aromatic carbocycles. The molecule has 2 rings (SSSR count). The van der Waals surface area contributed by atoms with Gasteiger partial charge in [0.05, 0.1) is 5.75 Å². The predicted octanol–water partition coefficient (Wildman–Crippen LogP) is -0.692. The van der Waals surface area contributed by atoms with Crippen LogP contribution < -0.4 is 4.72 Å². The van der Waals surface area contributed by atoms with Crippen molar-refractivity contribution < 1.29 is 8.42 Å². The van der Waals surface area contributed by atoms with Gasteiger partial charge in [0, 0.05) is 6.04 Å². The number of hydrogen-bond acceptors (Lipinski definition) is 2. The standard InChI is InChI=1S/C4H7NO2S/c6-8(7)2-3-1-4(3)5-8/h3-5H,1-2H2/t3?,4-/m1/s1. The smallest absolute Gasteiger partial charge is 0.212 e. The van der Waals surface area contributed by atoms with E-state index in [-0.39, 0.29) is 0 Å². The minimum Gasteiger partial charge on any atom is -0.212 e. The highest BCUT2D eigenvalue weighted by Gasteiger charge is 2.48. The molecule has 2 atom stereocenters. The molecule has 46 valence electrons. The molecule has 3 nitrogen and oxygen atoms in total. The largest absolute Gasteiger partial charge is 0.212 e. The van der Waals surface area contributed by atoms with E-state index in [0.29, 0.717) is 17.7 Å². The van der Waals surface area contributed by atoms with E-state index in [1.807, 2.05) is 0 Å². The molecular weight excluding hydrogens is 126 g/mol. The summed E-state index contributed by atoms with van der Waals surface area (Å²) < 4.78 is 23.7. The summed E-state index contributed by atoms with van der Waals surface area (Å²) in [5.74, 6) is 0.831. The van der Waals surface area contributed by atoms with E-state index in [9.17, 15) is 8.42 Å². The van der Waals surface area contributed by atoms with E-state index >= 15 is 0 Å². The molecule has 0 amide bonds. The number of fused-ring (bicyclic) bond motifs is 1. The highest BCUT2D eigenvalue weighted by Crippen LogP contribution is 2.37. The molecular formula is C4H7NO2S. The number of hydrogen-bond donors (Lipinski definition) is 1. The first-order chi connectivity index (χ1) is 3.67. The lowest BCUT2D eigenvalue weighted by atomic mass is 10.5. The first-order valence-electron chi connectivity index (χ1n) is 2.67. The van der Waals surface area contributed by atoms with E-state index in [1.54, 1.807) is 0 Å². The van der Waals surface area contributed by atoms with Crippen LogP contribution >= 0.6 is 0 Å². The molecule has 1 unspecified atom stereocenters. The minimum absolute atomic E-state index is 0.319. The fourth-order valence-electron chi connectivity index (χ4n) is 1.14. The Morgan fingerprint density at radius 1 is 1.50 bits per heavy atom. The summed E-state index contributed by atoms with van der Waals surface area (Å²) in [5.41, 5.74) is 0. The third-order valence-electron chi connectivity index (χ3n) is 1.69. The number of rotatable bonds is 0. The Morgan fingerprint density at radius 3 is 2.50 bits per heavy atom. The van der Waals surface area contributed by atoms with Gasteiger partial charge in [-0.1, -0.05) is 0 Å². The van der Waals surface area contributed by atoms with Crippen LogP contribution in [0.15, 0.2) is 0 Å². The van der Waals surface area contributed by atoms with Gasteiger partial charge >= 0.3 is 0 Å². The van der Waals surface area contributed by atoms with Gasteiger partial charge in [-0.3, -0.25) is 0 Å². The number of nitrogens with one attached hydrogen (secondary N) is 1. The molecule has 1 aliphatic carbocycles.